The molecule has 2 aliphatic heterocycles. The predicted molar refractivity (Wildman–Crippen MR) is 118 cm³/mol. The highest BCUT2D eigenvalue weighted by atomic mass is 19.1. The molecule has 5 nitrogen and oxygen atoms in total. The van der Waals surface area contributed by atoms with Crippen molar-refractivity contribution in [2.75, 3.05) is 24.5 Å². The summed E-state index contributed by atoms with van der Waals surface area (Å²) in [6.45, 7) is 5.56. The minimum absolute atomic E-state index is 0.0396. The van der Waals surface area contributed by atoms with Gasteiger partial charge >= 0.3 is 0 Å². The quantitative estimate of drug-likeness (QED) is 0.785. The largest absolute Gasteiger partial charge is 0.387 e. The van der Waals surface area contributed by atoms with Crippen molar-refractivity contribution < 1.29 is 19.4 Å². The molecule has 0 aromatic heterocycles. The second-order valence-corrected chi connectivity index (χ2v) is 9.04. The number of carbonyl (C=O) groups excluding carboxylic acids is 1. The molecule has 31 heavy (non-hydrogen) atoms. The molecule has 6 heteroatoms. The zero-order valence-electron chi connectivity index (χ0n) is 18.2. The molecule has 0 radical (unpaired) electrons. The second-order valence-electron chi connectivity index (χ2n) is 9.04. The first-order chi connectivity index (χ1) is 14.8. The van der Waals surface area contributed by atoms with Crippen LogP contribution in [0.4, 0.5) is 10.1 Å². The average molecular weight is 427 g/mol. The van der Waals surface area contributed by atoms with E-state index in [-0.39, 0.29) is 17.8 Å². The molecule has 2 N–H and O–H groups in total. The second kappa shape index (κ2) is 8.69. The van der Waals surface area contributed by atoms with Gasteiger partial charge in [0, 0.05) is 31.7 Å². The van der Waals surface area contributed by atoms with E-state index in [1.165, 1.54) is 12.1 Å². The maximum atomic E-state index is 13.3. The number of aliphatic hydroxyl groups is 2. The van der Waals surface area contributed by atoms with E-state index in [9.17, 15) is 19.4 Å². The maximum Gasteiger partial charge on any atom is 0.224 e. The molecule has 0 saturated carbocycles. The van der Waals surface area contributed by atoms with Gasteiger partial charge in [-0.1, -0.05) is 24.3 Å². The number of rotatable bonds is 4. The summed E-state index contributed by atoms with van der Waals surface area (Å²) >= 11 is 0. The number of hydrogen-bond acceptors (Lipinski definition) is 4. The third kappa shape index (κ3) is 4.52. The van der Waals surface area contributed by atoms with E-state index in [0.717, 1.165) is 41.8 Å². The van der Waals surface area contributed by atoms with E-state index in [0.29, 0.717) is 25.9 Å². The first-order valence-electron chi connectivity index (χ1n) is 11.1. The summed E-state index contributed by atoms with van der Waals surface area (Å²) in [5.74, 6) is -0.265. The van der Waals surface area contributed by atoms with Crippen molar-refractivity contribution in [3.63, 3.8) is 0 Å². The zero-order chi connectivity index (χ0) is 22.2. The van der Waals surface area contributed by atoms with Crippen LogP contribution in [0.2, 0.25) is 0 Å². The lowest BCUT2D eigenvalue weighted by Crippen LogP contribution is -2.33. The van der Waals surface area contributed by atoms with Gasteiger partial charge in [-0.25, -0.2) is 4.39 Å². The first kappa shape index (κ1) is 21.9. The number of halogens is 1. The van der Waals surface area contributed by atoms with Gasteiger partial charge in [0.1, 0.15) is 5.82 Å². The van der Waals surface area contributed by atoms with Crippen LogP contribution in [-0.2, 0) is 16.8 Å². The third-order valence-corrected chi connectivity index (χ3v) is 6.76. The molecular formula is C25H31FN2O3. The molecule has 1 fully saturated rings. The predicted octanol–water partition coefficient (Wildman–Crippen LogP) is 3.53. The van der Waals surface area contributed by atoms with Crippen LogP contribution in [0.5, 0.6) is 0 Å². The molecule has 3 atom stereocenters. The molecule has 0 spiro atoms. The fraction of sp³-hybridized carbons (Fsp3) is 0.480. The third-order valence-electron chi connectivity index (χ3n) is 6.76. The molecule has 0 unspecified atom stereocenters. The fourth-order valence-corrected chi connectivity index (χ4v) is 5.09. The summed E-state index contributed by atoms with van der Waals surface area (Å²) in [6.07, 6.45) is 2.12. The van der Waals surface area contributed by atoms with Gasteiger partial charge in [-0.05, 0) is 74.0 Å². The van der Waals surface area contributed by atoms with Gasteiger partial charge in [0.2, 0.25) is 5.91 Å². The molecule has 0 bridgehead atoms. The van der Waals surface area contributed by atoms with E-state index in [1.807, 2.05) is 30.0 Å². The minimum atomic E-state index is -0.965. The van der Waals surface area contributed by atoms with Gasteiger partial charge in [0.15, 0.2) is 0 Å². The molecule has 2 aliphatic rings. The van der Waals surface area contributed by atoms with Crippen LogP contribution in [0, 0.1) is 5.82 Å². The van der Waals surface area contributed by atoms with Crippen molar-refractivity contribution in [1.29, 1.82) is 0 Å². The number of nitrogens with zero attached hydrogens (tertiary/aromatic N) is 2. The molecule has 166 valence electrons. The van der Waals surface area contributed by atoms with Crippen LogP contribution < -0.4 is 4.90 Å². The standard InChI is InChI=1S/C25H31FN2O3/c1-17-14-20-15-19(4-9-23(20)28(17)18(2)29)24(30)16-27-12-3-10-25(31,11-13-27)21-5-7-22(26)8-6-21/h4-9,15,17,24,30-31H,3,10-14,16H2,1-2H3/t17-,24-,25+/m1/s1. The number of fused-ring (bicyclic) bond motifs is 1. The summed E-state index contributed by atoms with van der Waals surface area (Å²) in [5, 5.41) is 22.0. The van der Waals surface area contributed by atoms with Crippen LogP contribution >= 0.6 is 0 Å². The van der Waals surface area contributed by atoms with E-state index >= 15 is 0 Å². The number of aliphatic hydroxyl groups excluding tert-OH is 1. The van der Waals surface area contributed by atoms with Crippen LogP contribution in [0.15, 0.2) is 42.5 Å². The molecule has 1 saturated heterocycles. The van der Waals surface area contributed by atoms with Gasteiger partial charge in [-0.15, -0.1) is 0 Å². The van der Waals surface area contributed by atoms with Crippen LogP contribution in [0.25, 0.3) is 0 Å². The van der Waals surface area contributed by atoms with Gasteiger partial charge in [0.05, 0.1) is 11.7 Å². The lowest BCUT2D eigenvalue weighted by Gasteiger charge is -2.28. The zero-order valence-corrected chi connectivity index (χ0v) is 18.2. The van der Waals surface area contributed by atoms with Crippen LogP contribution in [0.1, 0.15) is 55.9 Å². The summed E-state index contributed by atoms with van der Waals surface area (Å²) in [4.78, 5) is 15.9. The normalized spacial score (nSPS) is 25.2. The van der Waals surface area contributed by atoms with Crippen molar-refractivity contribution >= 4 is 11.6 Å². The van der Waals surface area contributed by atoms with Gasteiger partial charge < -0.3 is 20.0 Å². The Labute approximate surface area is 183 Å². The maximum absolute atomic E-state index is 13.3. The topological polar surface area (TPSA) is 64.0 Å². The van der Waals surface area contributed by atoms with Gasteiger partial charge in [-0.3, -0.25) is 4.79 Å². The smallest absolute Gasteiger partial charge is 0.224 e. The minimum Gasteiger partial charge on any atom is -0.387 e. The number of anilines is 1. The number of carbonyl (C=O) groups is 1. The lowest BCUT2D eigenvalue weighted by atomic mass is 9.87. The molecule has 2 heterocycles. The highest BCUT2D eigenvalue weighted by Crippen LogP contribution is 2.35. The summed E-state index contributed by atoms with van der Waals surface area (Å²) < 4.78 is 13.3. The number of likely N-dealkylation sites (tertiary alicyclic amines) is 1. The lowest BCUT2D eigenvalue weighted by molar-refractivity contribution is -0.116. The van der Waals surface area contributed by atoms with Crippen LogP contribution in [-0.4, -0.2) is 46.7 Å². The van der Waals surface area contributed by atoms with Crippen molar-refractivity contribution in [3.05, 3.63) is 65.0 Å². The van der Waals surface area contributed by atoms with Crippen molar-refractivity contribution in [2.45, 2.75) is 57.3 Å². The highest BCUT2D eigenvalue weighted by molar-refractivity contribution is 5.94. The average Bonchev–Trinajstić information content (AvgIpc) is 2.95. The van der Waals surface area contributed by atoms with E-state index in [2.05, 4.69) is 4.90 Å². The van der Waals surface area contributed by atoms with Crippen LogP contribution in [0.3, 0.4) is 0 Å². The van der Waals surface area contributed by atoms with Gasteiger partial charge in [0.25, 0.3) is 0 Å². The van der Waals surface area contributed by atoms with Crippen molar-refractivity contribution in [2.24, 2.45) is 0 Å². The number of hydrogen-bond donors (Lipinski definition) is 2. The Kier molecular flexibility index (Phi) is 6.15. The monoisotopic (exact) mass is 426 g/mol. The molecular weight excluding hydrogens is 395 g/mol. The Balaban J connectivity index is 1.42. The summed E-state index contributed by atoms with van der Waals surface area (Å²) in [5.41, 5.74) is 2.68. The number of benzene rings is 2. The summed E-state index contributed by atoms with van der Waals surface area (Å²) in [7, 11) is 0. The Bertz CT molecular complexity index is 948. The molecule has 1 amide bonds. The molecule has 2 aromatic carbocycles. The van der Waals surface area contributed by atoms with Crippen molar-refractivity contribution in [3.8, 4) is 0 Å². The molecule has 4 rings (SSSR count). The van der Waals surface area contributed by atoms with E-state index < -0.39 is 11.7 Å². The number of amides is 1. The van der Waals surface area contributed by atoms with Crippen molar-refractivity contribution in [1.82, 2.24) is 4.90 Å². The fourth-order valence-electron chi connectivity index (χ4n) is 5.09. The number of β-amino-alcohol motifs (C(OH)–C–C–N with tert-alkyl or cyclic N) is 1. The first-order valence-corrected chi connectivity index (χ1v) is 11.1. The Morgan fingerprint density at radius 3 is 2.65 bits per heavy atom. The molecule has 2 aromatic rings. The summed E-state index contributed by atoms with van der Waals surface area (Å²) in [6, 6.07) is 12.1. The Morgan fingerprint density at radius 2 is 1.94 bits per heavy atom. The van der Waals surface area contributed by atoms with Gasteiger partial charge in [-0.2, -0.15) is 0 Å². The van der Waals surface area contributed by atoms with E-state index in [1.54, 1.807) is 19.1 Å². The Morgan fingerprint density at radius 1 is 1.19 bits per heavy atom. The SMILES string of the molecule is CC(=O)N1c2ccc([C@H](O)CN3CCC[C@@](O)(c4ccc(F)cc4)CC3)cc2C[C@H]1C. The molecule has 0 aliphatic carbocycles. The highest BCUT2D eigenvalue weighted by Gasteiger charge is 2.33. The Hall–Kier alpha value is -2.28. The van der Waals surface area contributed by atoms with E-state index in [4.69, 9.17) is 0 Å².